The molecule has 0 fully saturated rings. The highest BCUT2D eigenvalue weighted by atomic mass is 15.3. The fraction of sp³-hybridized carbons (Fsp3) is 0.467. The summed E-state index contributed by atoms with van der Waals surface area (Å²) in [5.74, 6) is 2.01. The zero-order valence-electron chi connectivity index (χ0n) is 11.7. The van der Waals surface area contributed by atoms with Crippen LogP contribution in [0.25, 0.3) is 0 Å². The summed E-state index contributed by atoms with van der Waals surface area (Å²) in [6.07, 6.45) is 1.08. The Bertz CT molecular complexity index is 586. The first kappa shape index (κ1) is 12.4. The van der Waals surface area contributed by atoms with E-state index >= 15 is 0 Å². The number of rotatable bonds is 2. The zero-order chi connectivity index (χ0) is 13.4. The molecule has 19 heavy (non-hydrogen) atoms. The molecule has 0 amide bonds. The third kappa shape index (κ3) is 2.06. The molecule has 1 unspecified atom stereocenters. The number of benzene rings is 1. The molecule has 1 aromatic heterocycles. The zero-order valence-corrected chi connectivity index (χ0v) is 11.7. The van der Waals surface area contributed by atoms with Crippen LogP contribution in [0.15, 0.2) is 24.3 Å². The van der Waals surface area contributed by atoms with E-state index in [1.807, 2.05) is 6.92 Å². The van der Waals surface area contributed by atoms with Gasteiger partial charge in [-0.25, -0.2) is 0 Å². The van der Waals surface area contributed by atoms with Crippen molar-refractivity contribution in [1.29, 1.82) is 0 Å². The molecule has 2 heterocycles. The fourth-order valence-corrected chi connectivity index (χ4v) is 2.96. The van der Waals surface area contributed by atoms with Gasteiger partial charge in [0, 0.05) is 12.6 Å². The van der Waals surface area contributed by atoms with Gasteiger partial charge in [0.2, 0.25) is 0 Å². The fourth-order valence-electron chi connectivity index (χ4n) is 2.96. The lowest BCUT2D eigenvalue weighted by atomic mass is 9.94. The van der Waals surface area contributed by atoms with Gasteiger partial charge in [0.15, 0.2) is 5.82 Å². The molecule has 1 aromatic carbocycles. The lowest BCUT2D eigenvalue weighted by Crippen LogP contribution is -2.33. The van der Waals surface area contributed by atoms with Crippen molar-refractivity contribution in [3.8, 4) is 0 Å². The summed E-state index contributed by atoms with van der Waals surface area (Å²) in [5, 5.41) is 12.2. The molecule has 0 saturated carbocycles. The van der Waals surface area contributed by atoms with Crippen LogP contribution < -0.4 is 5.32 Å². The lowest BCUT2D eigenvalue weighted by Gasteiger charge is -2.27. The van der Waals surface area contributed by atoms with Gasteiger partial charge in [-0.3, -0.25) is 0 Å². The number of hydrogen-bond acceptors (Lipinski definition) is 3. The summed E-state index contributed by atoms with van der Waals surface area (Å²) < 4.78 is 2.22. The molecule has 0 aliphatic carbocycles. The lowest BCUT2D eigenvalue weighted by molar-refractivity contribution is 0.482. The molecule has 0 saturated heterocycles. The van der Waals surface area contributed by atoms with Crippen LogP contribution in [0.1, 0.15) is 48.7 Å². The minimum absolute atomic E-state index is 0.161. The number of nitrogens with one attached hydrogen (secondary N) is 1. The first-order chi connectivity index (χ1) is 9.18. The summed E-state index contributed by atoms with van der Waals surface area (Å²) in [5.41, 5.74) is 2.75. The van der Waals surface area contributed by atoms with Gasteiger partial charge in [-0.1, -0.05) is 24.3 Å². The van der Waals surface area contributed by atoms with Crippen LogP contribution in [0.4, 0.5) is 0 Å². The SMILES string of the molecule is Cc1nnc(C2NCCc3ccccc32)n1C(C)C. The molecule has 0 bridgehead atoms. The summed E-state index contributed by atoms with van der Waals surface area (Å²) in [7, 11) is 0. The van der Waals surface area contributed by atoms with E-state index in [2.05, 4.69) is 58.2 Å². The van der Waals surface area contributed by atoms with Crippen molar-refractivity contribution in [2.24, 2.45) is 0 Å². The van der Waals surface area contributed by atoms with Crippen molar-refractivity contribution in [3.63, 3.8) is 0 Å². The van der Waals surface area contributed by atoms with Gasteiger partial charge in [-0.15, -0.1) is 10.2 Å². The van der Waals surface area contributed by atoms with Gasteiger partial charge in [0.1, 0.15) is 5.82 Å². The van der Waals surface area contributed by atoms with Gasteiger partial charge >= 0.3 is 0 Å². The van der Waals surface area contributed by atoms with E-state index in [1.54, 1.807) is 0 Å². The van der Waals surface area contributed by atoms with Crippen LogP contribution >= 0.6 is 0 Å². The normalized spacial score (nSPS) is 18.6. The van der Waals surface area contributed by atoms with E-state index in [4.69, 9.17) is 0 Å². The number of nitrogens with zero attached hydrogens (tertiary/aromatic N) is 3. The van der Waals surface area contributed by atoms with E-state index in [1.165, 1.54) is 11.1 Å². The highest BCUT2D eigenvalue weighted by Crippen LogP contribution is 2.29. The van der Waals surface area contributed by atoms with Crippen molar-refractivity contribution in [2.75, 3.05) is 6.54 Å². The van der Waals surface area contributed by atoms with Crippen molar-refractivity contribution in [3.05, 3.63) is 47.0 Å². The van der Waals surface area contributed by atoms with E-state index in [9.17, 15) is 0 Å². The van der Waals surface area contributed by atoms with Crippen LogP contribution in [0.3, 0.4) is 0 Å². The van der Waals surface area contributed by atoms with E-state index in [-0.39, 0.29) is 6.04 Å². The second kappa shape index (κ2) is 4.78. The average molecular weight is 256 g/mol. The van der Waals surface area contributed by atoms with Gasteiger partial charge < -0.3 is 9.88 Å². The Hall–Kier alpha value is -1.68. The first-order valence-corrected chi connectivity index (χ1v) is 6.91. The Morgan fingerprint density at radius 1 is 1.26 bits per heavy atom. The van der Waals surface area contributed by atoms with Crippen molar-refractivity contribution in [1.82, 2.24) is 20.1 Å². The maximum Gasteiger partial charge on any atom is 0.155 e. The number of hydrogen-bond donors (Lipinski definition) is 1. The smallest absolute Gasteiger partial charge is 0.155 e. The molecule has 1 aliphatic rings. The van der Waals surface area contributed by atoms with E-state index < -0.39 is 0 Å². The van der Waals surface area contributed by atoms with Crippen LogP contribution in [0, 0.1) is 6.92 Å². The Morgan fingerprint density at radius 2 is 2.05 bits per heavy atom. The first-order valence-electron chi connectivity index (χ1n) is 6.91. The van der Waals surface area contributed by atoms with Crippen LogP contribution in [-0.4, -0.2) is 21.3 Å². The Labute approximate surface area is 113 Å². The molecule has 3 rings (SSSR count). The third-order valence-corrected chi connectivity index (χ3v) is 3.78. The second-order valence-corrected chi connectivity index (χ2v) is 5.41. The van der Waals surface area contributed by atoms with Gasteiger partial charge in [-0.05, 0) is 38.3 Å². The molecule has 4 nitrogen and oxygen atoms in total. The van der Waals surface area contributed by atoms with Gasteiger partial charge in [-0.2, -0.15) is 0 Å². The Balaban J connectivity index is 2.09. The second-order valence-electron chi connectivity index (χ2n) is 5.41. The minimum Gasteiger partial charge on any atom is -0.311 e. The largest absolute Gasteiger partial charge is 0.311 e. The van der Waals surface area contributed by atoms with E-state index in [0.29, 0.717) is 6.04 Å². The average Bonchev–Trinajstić information content (AvgIpc) is 2.80. The molecule has 2 aromatic rings. The molecule has 0 radical (unpaired) electrons. The topological polar surface area (TPSA) is 42.7 Å². The number of aryl methyl sites for hydroxylation is 1. The van der Waals surface area contributed by atoms with Gasteiger partial charge in [0.25, 0.3) is 0 Å². The highest BCUT2D eigenvalue weighted by Gasteiger charge is 2.26. The van der Waals surface area contributed by atoms with Crippen molar-refractivity contribution >= 4 is 0 Å². The van der Waals surface area contributed by atoms with Gasteiger partial charge in [0.05, 0.1) is 6.04 Å². The Kier molecular flexibility index (Phi) is 3.11. The van der Waals surface area contributed by atoms with E-state index in [0.717, 1.165) is 24.6 Å². The minimum atomic E-state index is 0.161. The maximum atomic E-state index is 4.41. The number of aromatic nitrogens is 3. The summed E-state index contributed by atoms with van der Waals surface area (Å²) in [6, 6.07) is 9.16. The highest BCUT2D eigenvalue weighted by molar-refractivity contribution is 5.36. The monoisotopic (exact) mass is 256 g/mol. The summed E-state index contributed by atoms with van der Waals surface area (Å²) >= 11 is 0. The molecule has 100 valence electrons. The van der Waals surface area contributed by atoms with Crippen LogP contribution in [0.5, 0.6) is 0 Å². The predicted molar refractivity (Wildman–Crippen MR) is 75.1 cm³/mol. The van der Waals surface area contributed by atoms with Crippen LogP contribution in [-0.2, 0) is 6.42 Å². The molecule has 1 aliphatic heterocycles. The summed E-state index contributed by atoms with van der Waals surface area (Å²) in [6.45, 7) is 7.36. The molecule has 4 heteroatoms. The van der Waals surface area contributed by atoms with Crippen molar-refractivity contribution in [2.45, 2.75) is 39.3 Å². The molecule has 1 N–H and O–H groups in total. The third-order valence-electron chi connectivity index (χ3n) is 3.78. The van der Waals surface area contributed by atoms with Crippen molar-refractivity contribution < 1.29 is 0 Å². The molecule has 0 spiro atoms. The Morgan fingerprint density at radius 3 is 2.84 bits per heavy atom. The summed E-state index contributed by atoms with van der Waals surface area (Å²) in [4.78, 5) is 0. The predicted octanol–water partition coefficient (Wildman–Crippen LogP) is 2.40. The molecular weight excluding hydrogens is 236 g/mol. The quantitative estimate of drug-likeness (QED) is 0.897. The standard InChI is InChI=1S/C15H20N4/c1-10(2)19-11(3)17-18-15(19)14-13-7-5-4-6-12(13)8-9-16-14/h4-7,10,14,16H,8-9H2,1-3H3. The molecular formula is C15H20N4. The van der Waals surface area contributed by atoms with Crippen LogP contribution in [0.2, 0.25) is 0 Å². The number of fused-ring (bicyclic) bond motifs is 1. The maximum absolute atomic E-state index is 4.41. The molecule has 1 atom stereocenters.